The molecule has 0 amide bonds. The van der Waals surface area contributed by atoms with Crippen LogP contribution in [-0.4, -0.2) is 35.3 Å². The quantitative estimate of drug-likeness (QED) is 0.920. The van der Waals surface area contributed by atoms with Gasteiger partial charge in [-0.25, -0.2) is 14.8 Å². The number of methoxy groups -OCH3 is 2. The molecule has 0 aliphatic heterocycles. The van der Waals surface area contributed by atoms with E-state index in [1.807, 2.05) is 0 Å². The first-order chi connectivity index (χ1) is 9.55. The minimum absolute atomic E-state index is 0.0332. The van der Waals surface area contributed by atoms with Crippen LogP contribution in [-0.2, 0) is 0 Å². The van der Waals surface area contributed by atoms with E-state index in [1.54, 1.807) is 25.1 Å². The number of aryl methyl sites for hydroxylation is 1. The fraction of sp³-hybridized carbons (Fsp3) is 0.214. The molecular weight excluding hydrogens is 260 g/mol. The number of rotatable bonds is 4. The normalized spacial score (nSPS) is 10.2. The molecule has 0 bridgehead atoms. The molecule has 6 nitrogen and oxygen atoms in total. The molecule has 0 aliphatic rings. The van der Waals surface area contributed by atoms with E-state index in [4.69, 9.17) is 9.47 Å². The highest BCUT2D eigenvalue weighted by Crippen LogP contribution is 2.30. The van der Waals surface area contributed by atoms with Gasteiger partial charge in [-0.3, -0.25) is 0 Å². The van der Waals surface area contributed by atoms with Gasteiger partial charge in [-0.2, -0.15) is 0 Å². The van der Waals surface area contributed by atoms with E-state index in [-0.39, 0.29) is 5.56 Å². The van der Waals surface area contributed by atoms with Crippen LogP contribution in [0.1, 0.15) is 16.2 Å². The van der Waals surface area contributed by atoms with Crippen LogP contribution in [0.5, 0.6) is 11.5 Å². The summed E-state index contributed by atoms with van der Waals surface area (Å²) in [5.41, 5.74) is 0.970. The van der Waals surface area contributed by atoms with Gasteiger partial charge in [0.2, 0.25) is 0 Å². The van der Waals surface area contributed by atoms with Gasteiger partial charge in [0.25, 0.3) is 0 Å². The minimum atomic E-state index is -1.08. The van der Waals surface area contributed by atoms with Crippen LogP contribution in [0.15, 0.2) is 24.4 Å². The molecule has 6 heteroatoms. The van der Waals surface area contributed by atoms with E-state index >= 15 is 0 Å². The molecule has 0 aliphatic carbocycles. The number of nitrogens with zero attached hydrogens (tertiary/aromatic N) is 2. The van der Waals surface area contributed by atoms with Crippen LogP contribution in [0.4, 0.5) is 0 Å². The molecule has 0 saturated carbocycles. The van der Waals surface area contributed by atoms with Crippen molar-refractivity contribution in [2.24, 2.45) is 0 Å². The molecule has 1 aromatic carbocycles. The molecule has 2 aromatic rings. The second-order valence-electron chi connectivity index (χ2n) is 4.09. The Balaban J connectivity index is 2.66. The Labute approximate surface area is 116 Å². The Morgan fingerprint density at radius 3 is 2.25 bits per heavy atom. The third kappa shape index (κ3) is 2.69. The lowest BCUT2D eigenvalue weighted by Crippen LogP contribution is -2.04. The Bertz CT molecular complexity index is 633. The third-order valence-corrected chi connectivity index (χ3v) is 2.76. The van der Waals surface area contributed by atoms with Crippen LogP contribution in [0.3, 0.4) is 0 Å². The van der Waals surface area contributed by atoms with Crippen molar-refractivity contribution in [3.63, 3.8) is 0 Å². The first-order valence-electron chi connectivity index (χ1n) is 5.85. The van der Waals surface area contributed by atoms with Crippen LogP contribution >= 0.6 is 0 Å². The number of aromatic carboxylic acids is 1. The predicted octanol–water partition coefficient (Wildman–Crippen LogP) is 2.17. The molecule has 0 radical (unpaired) electrons. The van der Waals surface area contributed by atoms with E-state index in [2.05, 4.69) is 9.97 Å². The Hall–Kier alpha value is -2.63. The average Bonchev–Trinajstić information content (AvgIpc) is 2.46. The van der Waals surface area contributed by atoms with Gasteiger partial charge in [-0.1, -0.05) is 0 Å². The second kappa shape index (κ2) is 5.56. The first-order valence-corrected chi connectivity index (χ1v) is 5.85. The number of hydrogen-bond donors (Lipinski definition) is 1. The zero-order valence-corrected chi connectivity index (χ0v) is 11.4. The fourth-order valence-electron chi connectivity index (χ4n) is 1.79. The van der Waals surface area contributed by atoms with Crippen molar-refractivity contribution < 1.29 is 19.4 Å². The SMILES string of the molecule is COc1cc(OC)cc(-c2nc(C)ncc2C(=O)O)c1. The molecule has 104 valence electrons. The van der Waals surface area contributed by atoms with Gasteiger partial charge in [-0.05, 0) is 19.1 Å². The Morgan fingerprint density at radius 1 is 1.15 bits per heavy atom. The third-order valence-electron chi connectivity index (χ3n) is 2.76. The highest BCUT2D eigenvalue weighted by atomic mass is 16.5. The number of carboxylic acids is 1. The highest BCUT2D eigenvalue weighted by Gasteiger charge is 2.16. The molecule has 1 N–H and O–H groups in total. The van der Waals surface area contributed by atoms with E-state index in [0.717, 1.165) is 0 Å². The van der Waals surface area contributed by atoms with Crippen molar-refractivity contribution in [2.75, 3.05) is 14.2 Å². The summed E-state index contributed by atoms with van der Waals surface area (Å²) in [7, 11) is 3.06. The summed E-state index contributed by atoms with van der Waals surface area (Å²) in [5.74, 6) is 0.535. The molecular formula is C14H14N2O4. The topological polar surface area (TPSA) is 81.5 Å². The number of benzene rings is 1. The molecule has 0 atom stereocenters. The van der Waals surface area contributed by atoms with E-state index in [9.17, 15) is 9.90 Å². The Kier molecular flexibility index (Phi) is 3.84. The molecule has 20 heavy (non-hydrogen) atoms. The zero-order valence-electron chi connectivity index (χ0n) is 11.4. The molecule has 1 heterocycles. The summed E-state index contributed by atoms with van der Waals surface area (Å²) in [6.07, 6.45) is 1.30. The first kappa shape index (κ1) is 13.8. The van der Waals surface area contributed by atoms with E-state index in [1.165, 1.54) is 20.4 Å². The van der Waals surface area contributed by atoms with Gasteiger partial charge in [-0.15, -0.1) is 0 Å². The lowest BCUT2D eigenvalue weighted by atomic mass is 10.1. The van der Waals surface area contributed by atoms with Crippen molar-refractivity contribution >= 4 is 5.97 Å². The van der Waals surface area contributed by atoms with E-state index < -0.39 is 5.97 Å². The lowest BCUT2D eigenvalue weighted by Gasteiger charge is -2.10. The standard InChI is InChI=1S/C14H14N2O4/c1-8-15-7-12(14(17)18)13(16-8)9-4-10(19-2)6-11(5-9)20-3/h4-7H,1-3H3,(H,17,18). The predicted molar refractivity (Wildman–Crippen MR) is 72.3 cm³/mol. The van der Waals surface area contributed by atoms with Gasteiger partial charge in [0, 0.05) is 17.8 Å². The summed E-state index contributed by atoms with van der Waals surface area (Å²) in [6.45, 7) is 1.70. The summed E-state index contributed by atoms with van der Waals surface area (Å²) in [4.78, 5) is 19.4. The molecule has 0 fully saturated rings. The van der Waals surface area contributed by atoms with Gasteiger partial charge in [0.1, 0.15) is 22.9 Å². The maximum Gasteiger partial charge on any atom is 0.339 e. The van der Waals surface area contributed by atoms with Crippen molar-refractivity contribution in [1.82, 2.24) is 9.97 Å². The smallest absolute Gasteiger partial charge is 0.339 e. The largest absolute Gasteiger partial charge is 0.497 e. The molecule has 1 aromatic heterocycles. The minimum Gasteiger partial charge on any atom is -0.497 e. The van der Waals surface area contributed by atoms with Gasteiger partial charge in [0.05, 0.1) is 19.9 Å². The van der Waals surface area contributed by atoms with Crippen molar-refractivity contribution in [2.45, 2.75) is 6.92 Å². The molecule has 0 unspecified atom stereocenters. The van der Waals surface area contributed by atoms with Gasteiger partial charge >= 0.3 is 5.97 Å². The van der Waals surface area contributed by atoms with Crippen LogP contribution < -0.4 is 9.47 Å². The summed E-state index contributed by atoms with van der Waals surface area (Å²) in [6, 6.07) is 5.12. The van der Waals surface area contributed by atoms with Crippen molar-refractivity contribution in [3.8, 4) is 22.8 Å². The highest BCUT2D eigenvalue weighted by molar-refractivity contribution is 5.94. The fourth-order valence-corrected chi connectivity index (χ4v) is 1.79. The van der Waals surface area contributed by atoms with Gasteiger partial charge < -0.3 is 14.6 Å². The number of aromatic nitrogens is 2. The lowest BCUT2D eigenvalue weighted by molar-refractivity contribution is 0.0697. The van der Waals surface area contributed by atoms with Crippen LogP contribution in [0, 0.1) is 6.92 Å². The summed E-state index contributed by atoms with van der Waals surface area (Å²) < 4.78 is 10.4. The maximum atomic E-state index is 11.3. The number of carboxylic acid groups (broad SMARTS) is 1. The van der Waals surface area contributed by atoms with E-state index in [0.29, 0.717) is 28.6 Å². The molecule has 0 spiro atoms. The number of carbonyl (C=O) groups is 1. The van der Waals surface area contributed by atoms with Crippen molar-refractivity contribution in [1.29, 1.82) is 0 Å². The summed E-state index contributed by atoms with van der Waals surface area (Å²) in [5, 5.41) is 9.23. The second-order valence-corrected chi connectivity index (χ2v) is 4.09. The molecule has 2 rings (SSSR count). The van der Waals surface area contributed by atoms with Crippen molar-refractivity contribution in [3.05, 3.63) is 35.8 Å². The van der Waals surface area contributed by atoms with Gasteiger partial charge in [0.15, 0.2) is 0 Å². The molecule has 0 saturated heterocycles. The van der Waals surface area contributed by atoms with Crippen LogP contribution in [0.2, 0.25) is 0 Å². The zero-order chi connectivity index (χ0) is 14.7. The number of ether oxygens (including phenoxy) is 2. The number of hydrogen-bond acceptors (Lipinski definition) is 5. The maximum absolute atomic E-state index is 11.3. The van der Waals surface area contributed by atoms with Crippen LogP contribution in [0.25, 0.3) is 11.3 Å². The Morgan fingerprint density at radius 2 is 1.75 bits per heavy atom. The monoisotopic (exact) mass is 274 g/mol. The average molecular weight is 274 g/mol. The summed E-state index contributed by atoms with van der Waals surface area (Å²) >= 11 is 0.